The van der Waals surface area contributed by atoms with E-state index in [4.69, 9.17) is 0 Å². The Morgan fingerprint density at radius 2 is 1.54 bits per heavy atom. The molecular weight excluding hydrogens is 310 g/mol. The topological polar surface area (TPSA) is 94.9 Å². The van der Waals surface area contributed by atoms with Crippen LogP contribution in [-0.4, -0.2) is 46.0 Å². The van der Waals surface area contributed by atoms with Crippen LogP contribution in [0.25, 0.3) is 0 Å². The van der Waals surface area contributed by atoms with Crippen molar-refractivity contribution in [1.29, 1.82) is 0 Å². The van der Waals surface area contributed by atoms with Crippen LogP contribution in [0.3, 0.4) is 0 Å². The van der Waals surface area contributed by atoms with Crippen LogP contribution < -0.4 is 0 Å². The van der Waals surface area contributed by atoms with Gasteiger partial charge in [-0.15, -0.1) is 0 Å². The minimum Gasteiger partial charge on any atom is -0.481 e. The summed E-state index contributed by atoms with van der Waals surface area (Å²) in [6.07, 6.45) is 1.02. The maximum atomic E-state index is 12.6. The molecule has 0 spiro atoms. The van der Waals surface area contributed by atoms with Gasteiger partial charge in [-0.1, -0.05) is 26.0 Å². The van der Waals surface area contributed by atoms with Gasteiger partial charge >= 0.3 is 11.9 Å². The fourth-order valence-corrected chi connectivity index (χ4v) is 3.87. The summed E-state index contributed by atoms with van der Waals surface area (Å²) in [5.74, 6) is -2.05. The van der Waals surface area contributed by atoms with Crippen molar-refractivity contribution in [3.8, 4) is 0 Å². The number of fused-ring (bicyclic) bond motifs is 1. The van der Waals surface area contributed by atoms with Crippen molar-refractivity contribution in [2.75, 3.05) is 13.1 Å². The number of likely N-dealkylation sites (tertiary alicyclic amines) is 1. The maximum Gasteiger partial charge on any atom is 0.312 e. The Hall–Kier alpha value is -2.37. The van der Waals surface area contributed by atoms with Crippen LogP contribution in [0.5, 0.6) is 0 Å². The van der Waals surface area contributed by atoms with Gasteiger partial charge in [0.1, 0.15) is 10.8 Å². The first-order valence-electron chi connectivity index (χ1n) is 8.07. The third-order valence-corrected chi connectivity index (χ3v) is 5.27. The van der Waals surface area contributed by atoms with Crippen molar-refractivity contribution >= 4 is 17.8 Å². The Balaban J connectivity index is 1.78. The highest BCUT2D eigenvalue weighted by molar-refractivity contribution is 5.99. The van der Waals surface area contributed by atoms with Gasteiger partial charge in [0, 0.05) is 18.7 Å². The largest absolute Gasteiger partial charge is 0.481 e. The number of piperidine rings is 1. The Morgan fingerprint density at radius 1 is 1.04 bits per heavy atom. The highest BCUT2D eigenvalue weighted by atomic mass is 16.4. The molecule has 1 aliphatic carbocycles. The van der Waals surface area contributed by atoms with Gasteiger partial charge in [0.05, 0.1) is 0 Å². The first-order valence-corrected chi connectivity index (χ1v) is 8.07. The normalized spacial score (nSPS) is 27.9. The van der Waals surface area contributed by atoms with E-state index in [1.165, 1.54) is 4.90 Å². The molecule has 1 aromatic carbocycles. The van der Waals surface area contributed by atoms with E-state index in [1.807, 2.05) is 12.1 Å². The third-order valence-electron chi connectivity index (χ3n) is 5.27. The molecule has 0 bridgehead atoms. The van der Waals surface area contributed by atoms with Crippen LogP contribution in [0.2, 0.25) is 0 Å². The number of aliphatic carboxylic acids is 2. The van der Waals surface area contributed by atoms with Crippen molar-refractivity contribution < 1.29 is 24.6 Å². The number of nitrogens with zero attached hydrogens (tertiary/aromatic N) is 1. The van der Waals surface area contributed by atoms with Crippen LogP contribution in [0.1, 0.15) is 36.2 Å². The Labute approximate surface area is 140 Å². The second-order valence-corrected chi connectivity index (χ2v) is 7.41. The summed E-state index contributed by atoms with van der Waals surface area (Å²) in [4.78, 5) is 37.0. The van der Waals surface area contributed by atoms with Gasteiger partial charge in [0.2, 0.25) is 0 Å². The highest BCUT2D eigenvalue weighted by Gasteiger charge is 2.81. The van der Waals surface area contributed by atoms with Crippen LogP contribution in [0.4, 0.5) is 0 Å². The van der Waals surface area contributed by atoms with Gasteiger partial charge in [-0.05, 0) is 36.5 Å². The number of hydrogen-bond acceptors (Lipinski definition) is 3. The van der Waals surface area contributed by atoms with Crippen LogP contribution >= 0.6 is 0 Å². The number of rotatable bonds is 5. The van der Waals surface area contributed by atoms with Gasteiger partial charge in [-0.2, -0.15) is 0 Å². The third kappa shape index (κ3) is 2.28. The molecule has 6 nitrogen and oxygen atoms in total. The lowest BCUT2D eigenvalue weighted by atomic mass is 9.97. The standard InChI is InChI=1S/C18H21NO5/c1-11(2)7-12-3-5-13(6-4-12)14(20)19-9-17(15(21)22)8-18(17,10-19)16(23)24/h3-6,11H,7-10H2,1-2H3,(H,21,22)(H,23,24)/t17-,18+. The zero-order valence-corrected chi connectivity index (χ0v) is 13.8. The smallest absolute Gasteiger partial charge is 0.312 e. The predicted octanol–water partition coefficient (Wildman–Crippen LogP) is 1.89. The molecule has 2 atom stereocenters. The van der Waals surface area contributed by atoms with Crippen molar-refractivity contribution in [2.45, 2.75) is 26.7 Å². The lowest BCUT2D eigenvalue weighted by Gasteiger charge is -2.20. The maximum absolute atomic E-state index is 12.6. The summed E-state index contributed by atoms with van der Waals surface area (Å²) < 4.78 is 0. The number of benzene rings is 1. The minimum atomic E-state index is -1.33. The summed E-state index contributed by atoms with van der Waals surface area (Å²) in [5.41, 5.74) is -1.06. The van der Waals surface area contributed by atoms with E-state index >= 15 is 0 Å². The summed E-state index contributed by atoms with van der Waals surface area (Å²) in [6.45, 7) is 4.15. The summed E-state index contributed by atoms with van der Waals surface area (Å²) >= 11 is 0. The Morgan fingerprint density at radius 3 is 1.96 bits per heavy atom. The molecule has 1 heterocycles. The second kappa shape index (κ2) is 5.33. The zero-order valence-electron chi connectivity index (χ0n) is 13.8. The number of carbonyl (C=O) groups excluding carboxylic acids is 1. The molecule has 24 heavy (non-hydrogen) atoms. The van der Waals surface area contributed by atoms with Crippen LogP contribution in [0.15, 0.2) is 24.3 Å². The number of amides is 1. The molecule has 1 saturated heterocycles. The van der Waals surface area contributed by atoms with Crippen LogP contribution in [0, 0.1) is 16.7 Å². The van der Waals surface area contributed by atoms with E-state index in [0.717, 1.165) is 12.0 Å². The van der Waals surface area contributed by atoms with Gasteiger partial charge < -0.3 is 15.1 Å². The molecule has 3 rings (SSSR count). The molecule has 2 fully saturated rings. The van der Waals surface area contributed by atoms with Crippen molar-refractivity contribution in [2.24, 2.45) is 16.7 Å². The summed E-state index contributed by atoms with van der Waals surface area (Å²) in [5, 5.41) is 18.8. The monoisotopic (exact) mass is 331 g/mol. The van der Waals surface area contributed by atoms with Crippen LogP contribution in [-0.2, 0) is 16.0 Å². The van der Waals surface area contributed by atoms with E-state index in [9.17, 15) is 24.6 Å². The average Bonchev–Trinajstić information content (AvgIpc) is 3.05. The average molecular weight is 331 g/mol. The molecule has 0 unspecified atom stereocenters. The Bertz CT molecular complexity index is 683. The molecule has 2 N–H and O–H groups in total. The van der Waals surface area contributed by atoms with E-state index in [2.05, 4.69) is 13.8 Å². The highest BCUT2D eigenvalue weighted by Crippen LogP contribution is 2.68. The predicted molar refractivity (Wildman–Crippen MR) is 85.6 cm³/mol. The number of carboxylic acids is 2. The van der Waals surface area contributed by atoms with Gasteiger partial charge in [0.25, 0.3) is 5.91 Å². The lowest BCUT2D eigenvalue weighted by molar-refractivity contribution is -0.151. The zero-order chi connectivity index (χ0) is 17.7. The number of carboxylic acid groups (broad SMARTS) is 2. The first-order chi connectivity index (χ1) is 11.2. The molecule has 128 valence electrons. The molecule has 1 saturated carbocycles. The minimum absolute atomic E-state index is 0.0405. The molecule has 1 aromatic rings. The molecule has 1 aliphatic heterocycles. The molecule has 0 aromatic heterocycles. The van der Waals surface area contributed by atoms with Gasteiger partial charge in [0.15, 0.2) is 0 Å². The van der Waals surface area contributed by atoms with E-state index in [0.29, 0.717) is 11.5 Å². The molecule has 6 heteroatoms. The summed E-state index contributed by atoms with van der Waals surface area (Å²) in [7, 11) is 0. The van der Waals surface area contributed by atoms with Gasteiger partial charge in [-0.25, -0.2) is 0 Å². The van der Waals surface area contributed by atoms with Crippen molar-refractivity contribution in [1.82, 2.24) is 4.90 Å². The second-order valence-electron chi connectivity index (χ2n) is 7.41. The van der Waals surface area contributed by atoms with Crippen molar-refractivity contribution in [3.63, 3.8) is 0 Å². The fraction of sp³-hybridized carbons (Fsp3) is 0.500. The fourth-order valence-electron chi connectivity index (χ4n) is 3.87. The van der Waals surface area contributed by atoms with E-state index < -0.39 is 22.8 Å². The van der Waals surface area contributed by atoms with E-state index in [1.54, 1.807) is 12.1 Å². The molecule has 2 aliphatic rings. The van der Waals surface area contributed by atoms with Crippen molar-refractivity contribution in [3.05, 3.63) is 35.4 Å². The summed E-state index contributed by atoms with van der Waals surface area (Å²) in [6, 6.07) is 7.24. The SMILES string of the molecule is CC(C)Cc1ccc(C(=O)N2C[C@@]3(C(=O)O)C[C@@]3(C(=O)O)C2)cc1. The van der Waals surface area contributed by atoms with Gasteiger partial charge in [-0.3, -0.25) is 14.4 Å². The first kappa shape index (κ1) is 16.5. The molecular formula is C18H21NO5. The lowest BCUT2D eigenvalue weighted by Crippen LogP contribution is -2.34. The number of hydrogen-bond donors (Lipinski definition) is 2. The number of carbonyl (C=O) groups is 3. The Kier molecular flexibility index (Phi) is 3.66. The molecule has 0 radical (unpaired) electrons. The molecule has 1 amide bonds. The van der Waals surface area contributed by atoms with E-state index in [-0.39, 0.29) is 25.4 Å². The quantitative estimate of drug-likeness (QED) is 0.859.